The van der Waals surface area contributed by atoms with Crippen LogP contribution in [-0.2, 0) is 9.59 Å². The van der Waals surface area contributed by atoms with E-state index in [4.69, 9.17) is 17.3 Å². The lowest BCUT2D eigenvalue weighted by Crippen LogP contribution is -2.32. The van der Waals surface area contributed by atoms with Gasteiger partial charge in [-0.2, -0.15) is 5.10 Å². The Kier molecular flexibility index (Phi) is 5.93. The molecule has 0 spiro atoms. The molecule has 0 unspecified atom stereocenters. The highest BCUT2D eigenvalue weighted by Crippen LogP contribution is 2.31. The quantitative estimate of drug-likeness (QED) is 0.369. The maximum atomic E-state index is 12.7. The molecule has 8 heteroatoms. The topological polar surface area (TPSA) is 88.1 Å². The van der Waals surface area contributed by atoms with Crippen LogP contribution in [0.15, 0.2) is 58.7 Å². The van der Waals surface area contributed by atoms with E-state index in [1.807, 2.05) is 31.2 Å². The van der Waals surface area contributed by atoms with Crippen molar-refractivity contribution in [3.05, 3.63) is 64.7 Å². The first-order chi connectivity index (χ1) is 13.0. The Morgan fingerprint density at radius 2 is 1.93 bits per heavy atom. The molecular weight excluding hydrogens is 384 g/mol. The lowest BCUT2D eigenvalue weighted by Gasteiger charge is -2.16. The summed E-state index contributed by atoms with van der Waals surface area (Å²) in [5.41, 5.74) is 8.03. The van der Waals surface area contributed by atoms with Gasteiger partial charge in [0.2, 0.25) is 11.8 Å². The summed E-state index contributed by atoms with van der Waals surface area (Å²) in [7, 11) is 0. The number of amidine groups is 1. The standard InChI is InChI=1S/C19H17ClN4O2S/c1-12-6-2-5-9-15(12)24-17(25)10-16(18(24)26)27-19(21)23-22-11-13-7-3-4-8-14(13)20/h2-9,11,16H,10H2,1H3,(H2,21,23)/t16-/m1/s1. The van der Waals surface area contributed by atoms with Gasteiger partial charge in [0.05, 0.1) is 11.9 Å². The lowest BCUT2D eigenvalue weighted by molar-refractivity contribution is -0.121. The zero-order valence-corrected chi connectivity index (χ0v) is 16.1. The van der Waals surface area contributed by atoms with E-state index in [9.17, 15) is 9.59 Å². The van der Waals surface area contributed by atoms with Crippen LogP contribution in [-0.4, -0.2) is 28.4 Å². The van der Waals surface area contributed by atoms with Gasteiger partial charge < -0.3 is 5.73 Å². The lowest BCUT2D eigenvalue weighted by atomic mass is 10.2. The molecule has 1 fully saturated rings. The van der Waals surface area contributed by atoms with E-state index in [1.165, 1.54) is 11.1 Å². The summed E-state index contributed by atoms with van der Waals surface area (Å²) in [6.45, 7) is 1.86. The summed E-state index contributed by atoms with van der Waals surface area (Å²) >= 11 is 7.07. The molecule has 138 valence electrons. The van der Waals surface area contributed by atoms with Crippen LogP contribution in [0.4, 0.5) is 5.69 Å². The predicted molar refractivity (Wildman–Crippen MR) is 110 cm³/mol. The van der Waals surface area contributed by atoms with Crippen molar-refractivity contribution in [3.8, 4) is 0 Å². The van der Waals surface area contributed by atoms with Gasteiger partial charge in [-0.1, -0.05) is 59.8 Å². The predicted octanol–water partition coefficient (Wildman–Crippen LogP) is 3.36. The molecule has 2 N–H and O–H groups in total. The van der Waals surface area contributed by atoms with Crippen molar-refractivity contribution < 1.29 is 9.59 Å². The number of nitrogens with zero attached hydrogens (tertiary/aromatic N) is 3. The van der Waals surface area contributed by atoms with E-state index in [-0.39, 0.29) is 23.4 Å². The molecule has 1 aliphatic heterocycles. The minimum atomic E-state index is -0.614. The third kappa shape index (κ3) is 4.37. The number of thioether (sulfide) groups is 1. The van der Waals surface area contributed by atoms with E-state index in [0.717, 1.165) is 17.3 Å². The SMILES string of the molecule is Cc1ccccc1N1C(=O)C[C@@H](SC(N)=NN=Cc2ccccc2Cl)C1=O. The first-order valence-corrected chi connectivity index (χ1v) is 9.43. The number of amides is 2. The third-order valence-electron chi connectivity index (χ3n) is 3.98. The van der Waals surface area contributed by atoms with Gasteiger partial charge in [0.25, 0.3) is 0 Å². The maximum Gasteiger partial charge on any atom is 0.247 e. The Balaban J connectivity index is 1.69. The molecule has 0 aliphatic carbocycles. The molecule has 0 bridgehead atoms. The van der Waals surface area contributed by atoms with Crippen LogP contribution >= 0.6 is 23.4 Å². The van der Waals surface area contributed by atoms with E-state index >= 15 is 0 Å². The van der Waals surface area contributed by atoms with E-state index in [1.54, 1.807) is 24.3 Å². The number of hydrogen-bond donors (Lipinski definition) is 1. The smallest absolute Gasteiger partial charge is 0.247 e. The molecule has 0 saturated carbocycles. The van der Waals surface area contributed by atoms with Crippen molar-refractivity contribution in [1.29, 1.82) is 0 Å². The number of anilines is 1. The molecule has 1 saturated heterocycles. The number of rotatable bonds is 4. The van der Waals surface area contributed by atoms with Crippen molar-refractivity contribution >= 4 is 52.2 Å². The Hall–Kier alpha value is -2.64. The molecule has 27 heavy (non-hydrogen) atoms. The van der Waals surface area contributed by atoms with Crippen molar-refractivity contribution in [3.63, 3.8) is 0 Å². The number of imide groups is 1. The summed E-state index contributed by atoms with van der Waals surface area (Å²) in [5, 5.41) is 7.83. The molecule has 6 nitrogen and oxygen atoms in total. The average molecular weight is 401 g/mol. The molecule has 0 radical (unpaired) electrons. The van der Waals surface area contributed by atoms with Gasteiger partial charge in [-0.25, -0.2) is 4.90 Å². The van der Waals surface area contributed by atoms with E-state index in [2.05, 4.69) is 10.2 Å². The molecule has 2 aromatic carbocycles. The first kappa shape index (κ1) is 19.1. The number of para-hydroxylation sites is 1. The fraction of sp³-hybridized carbons (Fsp3) is 0.158. The highest BCUT2D eigenvalue weighted by Gasteiger charge is 2.41. The second-order valence-corrected chi connectivity index (χ2v) is 7.50. The number of nitrogens with two attached hydrogens (primary N) is 1. The highest BCUT2D eigenvalue weighted by atomic mass is 35.5. The molecule has 2 aromatic rings. The van der Waals surface area contributed by atoms with Crippen LogP contribution in [0.25, 0.3) is 0 Å². The van der Waals surface area contributed by atoms with Gasteiger partial charge in [0.1, 0.15) is 5.25 Å². The fourth-order valence-electron chi connectivity index (χ4n) is 2.66. The molecule has 1 atom stereocenters. The molecule has 3 rings (SSSR count). The second kappa shape index (κ2) is 8.37. The fourth-order valence-corrected chi connectivity index (χ4v) is 3.66. The van der Waals surface area contributed by atoms with Gasteiger partial charge in [-0.05, 0) is 24.6 Å². The van der Waals surface area contributed by atoms with Crippen LogP contribution in [0, 0.1) is 6.92 Å². The summed E-state index contributed by atoms with van der Waals surface area (Å²) in [4.78, 5) is 26.2. The van der Waals surface area contributed by atoms with Crippen LogP contribution in [0.3, 0.4) is 0 Å². The number of halogens is 1. The van der Waals surface area contributed by atoms with Crippen molar-refractivity contribution in [2.75, 3.05) is 4.90 Å². The Morgan fingerprint density at radius 3 is 2.67 bits per heavy atom. The van der Waals surface area contributed by atoms with Crippen molar-refractivity contribution in [1.82, 2.24) is 0 Å². The van der Waals surface area contributed by atoms with E-state index in [0.29, 0.717) is 16.3 Å². The monoisotopic (exact) mass is 400 g/mol. The normalized spacial score (nSPS) is 17.9. The molecule has 1 heterocycles. The summed E-state index contributed by atoms with van der Waals surface area (Å²) in [6, 6.07) is 14.4. The zero-order valence-electron chi connectivity index (χ0n) is 14.5. The summed E-state index contributed by atoms with van der Waals surface area (Å²) in [5.74, 6) is -0.549. The van der Waals surface area contributed by atoms with Crippen molar-refractivity contribution in [2.24, 2.45) is 15.9 Å². The Labute approximate surface area is 166 Å². The summed E-state index contributed by atoms with van der Waals surface area (Å²) in [6.07, 6.45) is 1.55. The second-order valence-electron chi connectivity index (χ2n) is 5.87. The number of carbonyl (C=O) groups excluding carboxylic acids is 2. The van der Waals surface area contributed by atoms with Crippen molar-refractivity contribution in [2.45, 2.75) is 18.6 Å². The maximum absolute atomic E-state index is 12.7. The summed E-state index contributed by atoms with van der Waals surface area (Å²) < 4.78 is 0. The van der Waals surface area contributed by atoms with Crippen LogP contribution in [0.5, 0.6) is 0 Å². The van der Waals surface area contributed by atoms with Crippen LogP contribution in [0.2, 0.25) is 5.02 Å². The Morgan fingerprint density at radius 1 is 1.22 bits per heavy atom. The third-order valence-corrected chi connectivity index (χ3v) is 5.30. The molecule has 0 aromatic heterocycles. The first-order valence-electron chi connectivity index (χ1n) is 8.17. The van der Waals surface area contributed by atoms with Crippen LogP contribution in [0.1, 0.15) is 17.5 Å². The Bertz CT molecular complexity index is 945. The highest BCUT2D eigenvalue weighted by molar-refractivity contribution is 8.14. The van der Waals surface area contributed by atoms with Crippen LogP contribution < -0.4 is 10.6 Å². The van der Waals surface area contributed by atoms with Gasteiger partial charge in [0, 0.05) is 17.0 Å². The zero-order chi connectivity index (χ0) is 19.4. The molecule has 1 aliphatic rings. The molecule has 2 amide bonds. The number of carbonyl (C=O) groups is 2. The number of hydrogen-bond acceptors (Lipinski definition) is 5. The minimum absolute atomic E-state index is 0.0717. The number of aryl methyl sites for hydroxylation is 1. The van der Waals surface area contributed by atoms with Gasteiger partial charge in [-0.15, -0.1) is 5.10 Å². The average Bonchev–Trinajstić information content (AvgIpc) is 2.91. The van der Waals surface area contributed by atoms with Gasteiger partial charge >= 0.3 is 0 Å². The van der Waals surface area contributed by atoms with Gasteiger partial charge in [0.15, 0.2) is 5.17 Å². The van der Waals surface area contributed by atoms with E-state index < -0.39 is 5.25 Å². The molecular formula is C19H17ClN4O2S. The van der Waals surface area contributed by atoms with Gasteiger partial charge in [-0.3, -0.25) is 9.59 Å². The minimum Gasteiger partial charge on any atom is -0.377 e. The largest absolute Gasteiger partial charge is 0.377 e. The number of benzene rings is 2.